The van der Waals surface area contributed by atoms with Crippen LogP contribution in [0.5, 0.6) is 0 Å². The van der Waals surface area contributed by atoms with E-state index in [2.05, 4.69) is 0 Å². The number of rotatable bonds is 12. The summed E-state index contributed by atoms with van der Waals surface area (Å²) in [5.74, 6) is -0.557. The van der Waals surface area contributed by atoms with Gasteiger partial charge in [-0.05, 0) is 25.3 Å². The minimum Gasteiger partial charge on any atom is -0.309 e. The van der Waals surface area contributed by atoms with E-state index in [0.29, 0.717) is 5.56 Å². The molecule has 0 aliphatic carbocycles. The maximum Gasteiger partial charge on any atom is 0.338 e. The lowest BCUT2D eigenvalue weighted by atomic mass is 9.88. The molecule has 150 valence electrons. The number of Topliss-reactive ketones (excluding diaryl/α,β-unsaturated/α-hetero) is 2. The standard InChI is InChI=1S/C22H27O5P/c1-3-26-28(25,27-4-2)17-21(23)15-20(18-11-7-5-8-12-18)16-22(24)19-13-9-6-10-14-19/h5-14,20H,3-4,15-17H2,1-2H3. The molecule has 0 saturated carbocycles. The van der Waals surface area contributed by atoms with Crippen molar-refractivity contribution >= 4 is 19.2 Å². The molecule has 2 aromatic rings. The molecular formula is C22H27O5P. The third-order valence-corrected chi connectivity index (χ3v) is 6.34. The van der Waals surface area contributed by atoms with Crippen molar-refractivity contribution in [3.05, 3.63) is 71.8 Å². The van der Waals surface area contributed by atoms with Gasteiger partial charge in [0.2, 0.25) is 0 Å². The van der Waals surface area contributed by atoms with E-state index in [0.717, 1.165) is 5.56 Å². The van der Waals surface area contributed by atoms with Gasteiger partial charge in [-0.15, -0.1) is 0 Å². The van der Waals surface area contributed by atoms with Crippen LogP contribution in [0.25, 0.3) is 0 Å². The summed E-state index contributed by atoms with van der Waals surface area (Å²) in [4.78, 5) is 25.4. The third-order valence-electron chi connectivity index (χ3n) is 4.29. The summed E-state index contributed by atoms with van der Waals surface area (Å²) >= 11 is 0. The van der Waals surface area contributed by atoms with Crippen molar-refractivity contribution < 1.29 is 23.2 Å². The van der Waals surface area contributed by atoms with E-state index in [1.807, 2.05) is 48.5 Å². The predicted octanol–water partition coefficient (Wildman–Crippen LogP) is 5.27. The van der Waals surface area contributed by atoms with Crippen LogP contribution in [0.2, 0.25) is 0 Å². The number of ketones is 2. The lowest BCUT2D eigenvalue weighted by Gasteiger charge is -2.19. The first-order valence-corrected chi connectivity index (χ1v) is 11.2. The van der Waals surface area contributed by atoms with Crippen LogP contribution in [0.15, 0.2) is 60.7 Å². The fourth-order valence-electron chi connectivity index (χ4n) is 3.08. The van der Waals surface area contributed by atoms with Crippen molar-refractivity contribution in [2.75, 3.05) is 19.4 Å². The number of carbonyl (C=O) groups excluding carboxylic acids is 2. The zero-order valence-corrected chi connectivity index (χ0v) is 17.3. The highest BCUT2D eigenvalue weighted by Crippen LogP contribution is 2.48. The van der Waals surface area contributed by atoms with Crippen molar-refractivity contribution in [2.24, 2.45) is 0 Å². The Kier molecular flexibility index (Phi) is 8.78. The molecule has 28 heavy (non-hydrogen) atoms. The Hall–Kier alpha value is -2.07. The van der Waals surface area contributed by atoms with Gasteiger partial charge in [0.1, 0.15) is 11.9 Å². The molecule has 0 bridgehead atoms. The molecule has 0 heterocycles. The zero-order valence-electron chi connectivity index (χ0n) is 16.4. The summed E-state index contributed by atoms with van der Waals surface area (Å²) < 4.78 is 23.1. The number of hydrogen-bond acceptors (Lipinski definition) is 5. The number of benzene rings is 2. The van der Waals surface area contributed by atoms with Crippen LogP contribution in [0.1, 0.15) is 48.5 Å². The minimum absolute atomic E-state index is 0.0277. The Morgan fingerprint density at radius 3 is 1.93 bits per heavy atom. The fourth-order valence-corrected chi connectivity index (χ4v) is 4.68. The van der Waals surface area contributed by atoms with E-state index in [-0.39, 0.29) is 49.7 Å². The monoisotopic (exact) mass is 402 g/mol. The van der Waals surface area contributed by atoms with Gasteiger partial charge in [0.05, 0.1) is 13.2 Å². The first kappa shape index (κ1) is 22.2. The highest BCUT2D eigenvalue weighted by atomic mass is 31.2. The van der Waals surface area contributed by atoms with Crippen LogP contribution in [0, 0.1) is 0 Å². The molecular weight excluding hydrogens is 375 g/mol. The molecule has 0 fully saturated rings. The van der Waals surface area contributed by atoms with Gasteiger partial charge in [-0.3, -0.25) is 14.2 Å². The molecule has 2 rings (SSSR count). The van der Waals surface area contributed by atoms with E-state index >= 15 is 0 Å². The van der Waals surface area contributed by atoms with E-state index in [1.54, 1.807) is 26.0 Å². The average Bonchev–Trinajstić information content (AvgIpc) is 2.69. The average molecular weight is 402 g/mol. The van der Waals surface area contributed by atoms with E-state index < -0.39 is 7.60 Å². The summed E-state index contributed by atoms with van der Waals surface area (Å²) in [6, 6.07) is 18.5. The van der Waals surface area contributed by atoms with Crippen molar-refractivity contribution in [1.29, 1.82) is 0 Å². The van der Waals surface area contributed by atoms with Gasteiger partial charge in [0, 0.05) is 18.4 Å². The molecule has 0 aliphatic rings. The van der Waals surface area contributed by atoms with Crippen LogP contribution in [0.3, 0.4) is 0 Å². The second-order valence-corrected chi connectivity index (χ2v) is 8.50. The van der Waals surface area contributed by atoms with Crippen LogP contribution < -0.4 is 0 Å². The second kappa shape index (κ2) is 11.1. The second-order valence-electron chi connectivity index (χ2n) is 6.45. The van der Waals surface area contributed by atoms with Gasteiger partial charge in [0.25, 0.3) is 0 Å². The highest BCUT2D eigenvalue weighted by Gasteiger charge is 2.29. The zero-order chi connectivity index (χ0) is 20.4. The van der Waals surface area contributed by atoms with Gasteiger partial charge < -0.3 is 9.05 Å². The SMILES string of the molecule is CCOP(=O)(CC(=O)CC(CC(=O)c1ccccc1)c1ccccc1)OCC. The molecule has 1 atom stereocenters. The fraction of sp³-hybridized carbons (Fsp3) is 0.364. The third kappa shape index (κ3) is 6.83. The summed E-state index contributed by atoms with van der Waals surface area (Å²) in [5.41, 5.74) is 1.52. The minimum atomic E-state index is -3.45. The lowest BCUT2D eigenvalue weighted by Crippen LogP contribution is -2.16. The van der Waals surface area contributed by atoms with Crippen molar-refractivity contribution in [3.63, 3.8) is 0 Å². The smallest absolute Gasteiger partial charge is 0.309 e. The molecule has 0 spiro atoms. The number of hydrogen-bond donors (Lipinski definition) is 0. The van der Waals surface area contributed by atoms with Crippen LogP contribution in [-0.4, -0.2) is 30.9 Å². The molecule has 2 aromatic carbocycles. The van der Waals surface area contributed by atoms with Crippen LogP contribution in [-0.2, 0) is 18.4 Å². The lowest BCUT2D eigenvalue weighted by molar-refractivity contribution is -0.117. The molecule has 5 nitrogen and oxygen atoms in total. The maximum absolute atomic E-state index is 12.7. The molecule has 6 heteroatoms. The molecule has 0 radical (unpaired) electrons. The Balaban J connectivity index is 2.15. The first-order chi connectivity index (χ1) is 13.5. The molecule has 1 unspecified atom stereocenters. The predicted molar refractivity (Wildman–Crippen MR) is 110 cm³/mol. The molecule has 0 amide bonds. The molecule has 0 saturated heterocycles. The van der Waals surface area contributed by atoms with Crippen molar-refractivity contribution in [3.8, 4) is 0 Å². The Labute approximate surface area is 166 Å². The van der Waals surface area contributed by atoms with E-state index in [1.165, 1.54) is 0 Å². The van der Waals surface area contributed by atoms with E-state index in [4.69, 9.17) is 9.05 Å². The molecule has 0 aliphatic heterocycles. The Morgan fingerprint density at radius 1 is 0.857 bits per heavy atom. The van der Waals surface area contributed by atoms with Gasteiger partial charge in [-0.1, -0.05) is 60.7 Å². The van der Waals surface area contributed by atoms with E-state index in [9.17, 15) is 14.2 Å². The van der Waals surface area contributed by atoms with Gasteiger partial charge in [-0.25, -0.2) is 0 Å². The van der Waals surface area contributed by atoms with Crippen molar-refractivity contribution in [2.45, 2.75) is 32.6 Å². The normalized spacial score (nSPS) is 12.5. The summed E-state index contributed by atoms with van der Waals surface area (Å²) in [5, 5.41) is 0. The van der Waals surface area contributed by atoms with Gasteiger partial charge in [-0.2, -0.15) is 0 Å². The maximum atomic E-state index is 12.7. The topological polar surface area (TPSA) is 69.7 Å². The van der Waals surface area contributed by atoms with Gasteiger partial charge >= 0.3 is 7.60 Å². The first-order valence-electron chi connectivity index (χ1n) is 9.50. The number of carbonyl (C=O) groups is 2. The molecule has 0 aromatic heterocycles. The van der Waals surface area contributed by atoms with Gasteiger partial charge in [0.15, 0.2) is 5.78 Å². The highest BCUT2D eigenvalue weighted by molar-refractivity contribution is 7.54. The van der Waals surface area contributed by atoms with Crippen molar-refractivity contribution in [1.82, 2.24) is 0 Å². The summed E-state index contributed by atoms with van der Waals surface area (Å²) in [6.07, 6.45) is 0.0254. The molecule has 0 N–H and O–H groups in total. The van der Waals surface area contributed by atoms with Crippen LogP contribution in [0.4, 0.5) is 0 Å². The Bertz CT molecular complexity index is 794. The van der Waals surface area contributed by atoms with Crippen LogP contribution >= 0.6 is 7.60 Å². The summed E-state index contributed by atoms with van der Waals surface area (Å²) in [6.45, 7) is 3.83. The largest absolute Gasteiger partial charge is 0.338 e. The summed E-state index contributed by atoms with van der Waals surface area (Å²) in [7, 11) is -3.45. The quantitative estimate of drug-likeness (QED) is 0.357. The Morgan fingerprint density at radius 2 is 1.39 bits per heavy atom.